The van der Waals surface area contributed by atoms with Crippen molar-refractivity contribution in [3.05, 3.63) is 58.6 Å². The van der Waals surface area contributed by atoms with Crippen LogP contribution in [0.2, 0.25) is 5.02 Å². The summed E-state index contributed by atoms with van der Waals surface area (Å²) in [6.07, 6.45) is 0. The molecule has 2 aromatic rings. The van der Waals surface area contributed by atoms with Crippen LogP contribution in [0.15, 0.2) is 47.4 Å². The molecule has 0 aliphatic carbocycles. The Morgan fingerprint density at radius 1 is 1.22 bits per heavy atom. The third kappa shape index (κ3) is 2.92. The summed E-state index contributed by atoms with van der Waals surface area (Å²) < 4.78 is 12.3. The van der Waals surface area contributed by atoms with Crippen molar-refractivity contribution in [2.45, 2.75) is 17.6 Å². The second-order valence-corrected chi connectivity index (χ2v) is 5.93. The molecule has 2 N–H and O–H groups in total. The van der Waals surface area contributed by atoms with Crippen molar-refractivity contribution < 1.29 is 4.21 Å². The first-order valence-corrected chi connectivity index (χ1v) is 7.25. The molecule has 0 amide bonds. The van der Waals surface area contributed by atoms with Crippen LogP contribution in [-0.4, -0.2) is 4.21 Å². The number of halogens is 1. The molecule has 0 bridgehead atoms. The van der Waals surface area contributed by atoms with Crippen molar-refractivity contribution in [3.8, 4) is 0 Å². The van der Waals surface area contributed by atoms with Gasteiger partial charge in [-0.1, -0.05) is 35.9 Å². The molecule has 2 aromatic carbocycles. The molecule has 94 valence electrons. The Labute approximate surface area is 114 Å². The van der Waals surface area contributed by atoms with Gasteiger partial charge >= 0.3 is 0 Å². The highest BCUT2D eigenvalue weighted by Crippen LogP contribution is 2.23. The Hall–Kier alpha value is -1.32. The summed E-state index contributed by atoms with van der Waals surface area (Å²) in [7, 11) is -1.09. The van der Waals surface area contributed by atoms with E-state index >= 15 is 0 Å². The van der Waals surface area contributed by atoms with Crippen LogP contribution in [0, 0.1) is 6.92 Å². The van der Waals surface area contributed by atoms with Gasteiger partial charge in [0.25, 0.3) is 0 Å². The zero-order chi connectivity index (χ0) is 13.1. The van der Waals surface area contributed by atoms with Crippen molar-refractivity contribution in [2.24, 2.45) is 0 Å². The first-order chi connectivity index (χ1) is 8.58. The van der Waals surface area contributed by atoms with Gasteiger partial charge in [-0.25, -0.2) is 0 Å². The largest absolute Gasteiger partial charge is 0.399 e. The van der Waals surface area contributed by atoms with Crippen LogP contribution in [0.1, 0.15) is 11.1 Å². The van der Waals surface area contributed by atoms with Crippen LogP contribution in [0.25, 0.3) is 0 Å². The van der Waals surface area contributed by atoms with E-state index in [2.05, 4.69) is 0 Å². The number of hydrogen-bond donors (Lipinski definition) is 1. The fraction of sp³-hybridized carbons (Fsp3) is 0.143. The summed E-state index contributed by atoms with van der Waals surface area (Å²) in [6.45, 7) is 1.96. The Morgan fingerprint density at radius 3 is 2.61 bits per heavy atom. The fourth-order valence-corrected chi connectivity index (χ4v) is 3.39. The zero-order valence-corrected chi connectivity index (χ0v) is 11.6. The number of benzene rings is 2. The molecule has 0 heterocycles. The van der Waals surface area contributed by atoms with Gasteiger partial charge in [0, 0.05) is 15.6 Å². The average molecular weight is 280 g/mol. The average Bonchev–Trinajstić information content (AvgIpc) is 2.33. The van der Waals surface area contributed by atoms with Crippen molar-refractivity contribution in [1.82, 2.24) is 0 Å². The van der Waals surface area contributed by atoms with E-state index < -0.39 is 10.8 Å². The third-order valence-electron chi connectivity index (χ3n) is 2.70. The standard InChI is InChI=1S/C14H14ClNOS/c1-10-4-2-3-5-14(10)18(17)9-11-6-7-12(16)8-13(11)15/h2-8H,9,16H2,1H3. The summed E-state index contributed by atoms with van der Waals surface area (Å²) in [5.74, 6) is 0.407. The lowest BCUT2D eigenvalue weighted by molar-refractivity contribution is 0.682. The number of nitrogens with two attached hydrogens (primary N) is 1. The molecule has 0 spiro atoms. The second-order valence-electron chi connectivity index (χ2n) is 4.11. The number of nitrogen functional groups attached to an aromatic ring is 1. The number of aryl methyl sites for hydroxylation is 1. The normalized spacial score (nSPS) is 12.3. The topological polar surface area (TPSA) is 43.1 Å². The van der Waals surface area contributed by atoms with Gasteiger partial charge in [0.15, 0.2) is 0 Å². The Balaban J connectivity index is 2.24. The minimum Gasteiger partial charge on any atom is -0.399 e. The fourth-order valence-electron chi connectivity index (χ4n) is 1.71. The van der Waals surface area contributed by atoms with E-state index in [0.717, 1.165) is 16.0 Å². The highest BCUT2D eigenvalue weighted by atomic mass is 35.5. The number of rotatable bonds is 3. The number of anilines is 1. The second kappa shape index (κ2) is 5.55. The molecule has 1 unspecified atom stereocenters. The van der Waals surface area contributed by atoms with Gasteiger partial charge in [-0.2, -0.15) is 0 Å². The maximum atomic E-state index is 12.3. The van der Waals surface area contributed by atoms with Crippen LogP contribution in [0.5, 0.6) is 0 Å². The molecule has 0 aliphatic heterocycles. The van der Waals surface area contributed by atoms with E-state index in [1.807, 2.05) is 37.3 Å². The molecule has 2 rings (SSSR count). The first kappa shape index (κ1) is 13.1. The summed E-state index contributed by atoms with van der Waals surface area (Å²) in [4.78, 5) is 0.852. The molecule has 0 saturated heterocycles. The number of hydrogen-bond acceptors (Lipinski definition) is 2. The van der Waals surface area contributed by atoms with Gasteiger partial charge in [0.2, 0.25) is 0 Å². The molecular formula is C14H14ClNOS. The Morgan fingerprint density at radius 2 is 1.94 bits per heavy atom. The minimum absolute atomic E-state index is 0.407. The van der Waals surface area contributed by atoms with Crippen molar-refractivity contribution in [3.63, 3.8) is 0 Å². The van der Waals surface area contributed by atoms with Gasteiger partial charge in [-0.15, -0.1) is 0 Å². The lowest BCUT2D eigenvalue weighted by Crippen LogP contribution is -1.99. The van der Waals surface area contributed by atoms with Gasteiger partial charge in [0.1, 0.15) is 0 Å². The van der Waals surface area contributed by atoms with Crippen molar-refractivity contribution >= 4 is 28.1 Å². The van der Waals surface area contributed by atoms with Gasteiger partial charge in [-0.05, 0) is 36.2 Å². The van der Waals surface area contributed by atoms with E-state index in [1.165, 1.54) is 0 Å². The van der Waals surface area contributed by atoms with E-state index in [0.29, 0.717) is 16.5 Å². The SMILES string of the molecule is Cc1ccccc1S(=O)Cc1ccc(N)cc1Cl. The molecule has 0 aliphatic rings. The lowest BCUT2D eigenvalue weighted by Gasteiger charge is -2.07. The third-order valence-corrected chi connectivity index (χ3v) is 4.58. The molecule has 0 fully saturated rings. The van der Waals surface area contributed by atoms with Crippen LogP contribution in [0.4, 0.5) is 5.69 Å². The quantitative estimate of drug-likeness (QED) is 0.874. The molecule has 0 saturated carbocycles. The van der Waals surface area contributed by atoms with Gasteiger partial charge in [0.05, 0.1) is 16.6 Å². The van der Waals surface area contributed by atoms with E-state index in [4.69, 9.17) is 17.3 Å². The van der Waals surface area contributed by atoms with E-state index in [-0.39, 0.29) is 0 Å². The lowest BCUT2D eigenvalue weighted by atomic mass is 10.2. The van der Waals surface area contributed by atoms with Gasteiger partial charge in [-0.3, -0.25) is 4.21 Å². The Kier molecular flexibility index (Phi) is 4.04. The van der Waals surface area contributed by atoms with E-state index in [9.17, 15) is 4.21 Å². The van der Waals surface area contributed by atoms with Crippen LogP contribution in [0.3, 0.4) is 0 Å². The Bertz CT molecular complexity index is 598. The van der Waals surface area contributed by atoms with Crippen molar-refractivity contribution in [1.29, 1.82) is 0 Å². The predicted molar refractivity (Wildman–Crippen MR) is 77.2 cm³/mol. The molecular weight excluding hydrogens is 266 g/mol. The molecule has 1 atom stereocenters. The highest BCUT2D eigenvalue weighted by Gasteiger charge is 2.10. The molecule has 18 heavy (non-hydrogen) atoms. The zero-order valence-electron chi connectivity index (χ0n) is 10.0. The van der Waals surface area contributed by atoms with Gasteiger partial charge < -0.3 is 5.73 Å². The minimum atomic E-state index is -1.09. The van der Waals surface area contributed by atoms with E-state index in [1.54, 1.807) is 12.1 Å². The maximum absolute atomic E-state index is 12.3. The first-order valence-electron chi connectivity index (χ1n) is 5.56. The highest BCUT2D eigenvalue weighted by molar-refractivity contribution is 7.84. The summed E-state index contributed by atoms with van der Waals surface area (Å²) in [5, 5.41) is 0.567. The molecule has 0 aromatic heterocycles. The van der Waals surface area contributed by atoms with Crippen LogP contribution in [-0.2, 0) is 16.6 Å². The van der Waals surface area contributed by atoms with Crippen LogP contribution >= 0.6 is 11.6 Å². The van der Waals surface area contributed by atoms with Crippen molar-refractivity contribution in [2.75, 3.05) is 5.73 Å². The molecule has 4 heteroatoms. The molecule has 0 radical (unpaired) electrons. The van der Waals surface area contributed by atoms with Crippen LogP contribution < -0.4 is 5.73 Å². The monoisotopic (exact) mass is 279 g/mol. The molecule has 2 nitrogen and oxygen atoms in total. The maximum Gasteiger partial charge on any atom is 0.0577 e. The summed E-state index contributed by atoms with van der Waals surface area (Å²) in [6, 6.07) is 13.0. The predicted octanol–water partition coefficient (Wildman–Crippen LogP) is 3.54. The smallest absolute Gasteiger partial charge is 0.0577 e. The summed E-state index contributed by atoms with van der Waals surface area (Å²) in [5.41, 5.74) is 8.13. The summed E-state index contributed by atoms with van der Waals surface area (Å²) >= 11 is 6.09.